The van der Waals surface area contributed by atoms with Crippen molar-refractivity contribution in [3.8, 4) is 0 Å². The molecule has 2 N–H and O–H groups in total. The van der Waals surface area contributed by atoms with E-state index in [-0.39, 0.29) is 5.91 Å². The van der Waals surface area contributed by atoms with Crippen LogP contribution in [0.2, 0.25) is 0 Å². The van der Waals surface area contributed by atoms with Crippen LogP contribution in [0.25, 0.3) is 0 Å². The fourth-order valence-corrected chi connectivity index (χ4v) is 2.94. The lowest BCUT2D eigenvalue weighted by molar-refractivity contribution is -0.121. The first kappa shape index (κ1) is 12.5. The van der Waals surface area contributed by atoms with Crippen molar-refractivity contribution < 1.29 is 4.79 Å². The predicted octanol–water partition coefficient (Wildman–Crippen LogP) is 2.75. The number of para-hydroxylation sites is 1. The molecule has 1 aliphatic carbocycles. The summed E-state index contributed by atoms with van der Waals surface area (Å²) in [6, 6.07) is 8.29. The van der Waals surface area contributed by atoms with Crippen molar-refractivity contribution >= 4 is 11.6 Å². The Hall–Kier alpha value is -1.51. The summed E-state index contributed by atoms with van der Waals surface area (Å²) in [6.07, 6.45) is 3.29. The monoisotopic (exact) mass is 258 g/mol. The van der Waals surface area contributed by atoms with Crippen molar-refractivity contribution in [1.29, 1.82) is 0 Å². The maximum Gasteiger partial charge on any atom is 0.220 e. The van der Waals surface area contributed by atoms with Gasteiger partial charge in [-0.1, -0.05) is 25.1 Å². The molecular formula is C16H22N2O. The third-order valence-electron chi connectivity index (χ3n) is 4.42. The second kappa shape index (κ2) is 5.24. The molecule has 2 unspecified atom stereocenters. The van der Waals surface area contributed by atoms with Crippen molar-refractivity contribution in [2.24, 2.45) is 11.8 Å². The van der Waals surface area contributed by atoms with Gasteiger partial charge in [-0.3, -0.25) is 4.79 Å². The first-order valence-electron chi connectivity index (χ1n) is 7.33. The molecule has 1 saturated carbocycles. The van der Waals surface area contributed by atoms with Crippen LogP contribution < -0.4 is 10.6 Å². The predicted molar refractivity (Wildman–Crippen MR) is 77.2 cm³/mol. The zero-order valence-corrected chi connectivity index (χ0v) is 11.5. The third-order valence-corrected chi connectivity index (χ3v) is 4.42. The van der Waals surface area contributed by atoms with Crippen LogP contribution in [0.15, 0.2) is 24.3 Å². The smallest absolute Gasteiger partial charge is 0.220 e. The lowest BCUT2D eigenvalue weighted by atomic mass is 9.97. The Morgan fingerprint density at radius 2 is 2.21 bits per heavy atom. The molecule has 102 valence electrons. The number of anilines is 1. The Balaban J connectivity index is 1.50. The molecule has 2 aliphatic rings. The molecule has 1 amide bonds. The molecule has 3 heteroatoms. The molecule has 0 saturated heterocycles. The Kier molecular flexibility index (Phi) is 3.45. The fraction of sp³-hybridized carbons (Fsp3) is 0.562. The SMILES string of the molecule is CC(CNC(=O)CC1CNc2ccccc21)C1CC1. The van der Waals surface area contributed by atoms with Crippen LogP contribution >= 0.6 is 0 Å². The number of hydrogen-bond donors (Lipinski definition) is 2. The quantitative estimate of drug-likeness (QED) is 0.852. The van der Waals surface area contributed by atoms with Gasteiger partial charge in [-0.15, -0.1) is 0 Å². The van der Waals surface area contributed by atoms with E-state index in [1.165, 1.54) is 24.1 Å². The van der Waals surface area contributed by atoms with Crippen LogP contribution in [-0.2, 0) is 4.79 Å². The summed E-state index contributed by atoms with van der Waals surface area (Å²) in [6.45, 7) is 3.96. The molecule has 0 radical (unpaired) electrons. The molecule has 1 heterocycles. The average molecular weight is 258 g/mol. The maximum absolute atomic E-state index is 12.0. The van der Waals surface area contributed by atoms with Gasteiger partial charge in [0.05, 0.1) is 0 Å². The van der Waals surface area contributed by atoms with Crippen molar-refractivity contribution in [1.82, 2.24) is 5.32 Å². The number of rotatable bonds is 5. The van der Waals surface area contributed by atoms with Crippen LogP contribution in [0, 0.1) is 11.8 Å². The van der Waals surface area contributed by atoms with Gasteiger partial charge < -0.3 is 10.6 Å². The number of amides is 1. The Morgan fingerprint density at radius 1 is 1.42 bits per heavy atom. The van der Waals surface area contributed by atoms with Gasteiger partial charge in [-0.05, 0) is 36.3 Å². The van der Waals surface area contributed by atoms with Gasteiger partial charge in [0.25, 0.3) is 0 Å². The summed E-state index contributed by atoms with van der Waals surface area (Å²) < 4.78 is 0. The second-order valence-electron chi connectivity index (χ2n) is 5.99. The number of fused-ring (bicyclic) bond motifs is 1. The molecule has 1 fully saturated rings. The normalized spacial score (nSPS) is 22.5. The van der Waals surface area contributed by atoms with E-state index in [1.54, 1.807) is 0 Å². The van der Waals surface area contributed by atoms with E-state index in [4.69, 9.17) is 0 Å². The van der Waals surface area contributed by atoms with E-state index >= 15 is 0 Å². The van der Waals surface area contributed by atoms with E-state index in [0.717, 1.165) is 19.0 Å². The standard InChI is InChI=1S/C16H22N2O/c1-11(12-6-7-12)9-18-16(19)8-13-10-17-15-5-3-2-4-14(13)15/h2-5,11-13,17H,6-10H2,1H3,(H,18,19). The molecule has 0 spiro atoms. The first-order chi connectivity index (χ1) is 9.24. The van der Waals surface area contributed by atoms with Crippen LogP contribution in [0.1, 0.15) is 37.7 Å². The molecule has 0 bridgehead atoms. The van der Waals surface area contributed by atoms with Crippen LogP contribution in [0.5, 0.6) is 0 Å². The Morgan fingerprint density at radius 3 is 3.00 bits per heavy atom. The zero-order chi connectivity index (χ0) is 13.2. The zero-order valence-electron chi connectivity index (χ0n) is 11.5. The van der Waals surface area contributed by atoms with Crippen molar-refractivity contribution in [3.63, 3.8) is 0 Å². The van der Waals surface area contributed by atoms with Gasteiger partial charge in [0, 0.05) is 31.1 Å². The van der Waals surface area contributed by atoms with Gasteiger partial charge in [-0.25, -0.2) is 0 Å². The minimum Gasteiger partial charge on any atom is -0.384 e. The molecule has 0 aromatic heterocycles. The maximum atomic E-state index is 12.0. The van der Waals surface area contributed by atoms with Crippen LogP contribution in [0.4, 0.5) is 5.69 Å². The lowest BCUT2D eigenvalue weighted by Gasteiger charge is -2.14. The molecule has 19 heavy (non-hydrogen) atoms. The number of nitrogens with one attached hydrogen (secondary N) is 2. The number of carbonyl (C=O) groups is 1. The summed E-state index contributed by atoms with van der Waals surface area (Å²) in [5.74, 6) is 2.01. The number of benzene rings is 1. The van der Waals surface area contributed by atoms with E-state index in [9.17, 15) is 4.79 Å². The van der Waals surface area contributed by atoms with Crippen molar-refractivity contribution in [3.05, 3.63) is 29.8 Å². The highest BCUT2D eigenvalue weighted by molar-refractivity contribution is 5.78. The summed E-state index contributed by atoms with van der Waals surface area (Å²) in [7, 11) is 0. The molecule has 1 aromatic carbocycles. The topological polar surface area (TPSA) is 41.1 Å². The van der Waals surface area contributed by atoms with Gasteiger partial charge in [0.1, 0.15) is 0 Å². The van der Waals surface area contributed by atoms with Crippen molar-refractivity contribution in [2.45, 2.75) is 32.1 Å². The highest BCUT2D eigenvalue weighted by Crippen LogP contribution is 2.36. The summed E-state index contributed by atoms with van der Waals surface area (Å²) in [5.41, 5.74) is 2.47. The molecular weight excluding hydrogens is 236 g/mol. The fourth-order valence-electron chi connectivity index (χ4n) is 2.94. The Bertz CT molecular complexity index is 468. The minimum absolute atomic E-state index is 0.191. The summed E-state index contributed by atoms with van der Waals surface area (Å²) >= 11 is 0. The third kappa shape index (κ3) is 2.91. The van der Waals surface area contributed by atoms with Crippen LogP contribution in [0.3, 0.4) is 0 Å². The summed E-state index contributed by atoms with van der Waals surface area (Å²) in [4.78, 5) is 12.0. The van der Waals surface area contributed by atoms with Crippen LogP contribution in [-0.4, -0.2) is 19.0 Å². The minimum atomic E-state index is 0.191. The molecule has 1 aliphatic heterocycles. The van der Waals surface area contributed by atoms with E-state index < -0.39 is 0 Å². The van der Waals surface area contributed by atoms with Gasteiger partial charge in [0.2, 0.25) is 5.91 Å². The van der Waals surface area contributed by atoms with Crippen molar-refractivity contribution in [2.75, 3.05) is 18.4 Å². The largest absolute Gasteiger partial charge is 0.384 e. The average Bonchev–Trinajstić information content (AvgIpc) is 3.20. The van der Waals surface area contributed by atoms with E-state index in [0.29, 0.717) is 18.3 Å². The summed E-state index contributed by atoms with van der Waals surface area (Å²) in [5, 5.41) is 6.46. The highest BCUT2D eigenvalue weighted by atomic mass is 16.1. The first-order valence-corrected chi connectivity index (χ1v) is 7.33. The highest BCUT2D eigenvalue weighted by Gasteiger charge is 2.28. The van der Waals surface area contributed by atoms with Gasteiger partial charge in [-0.2, -0.15) is 0 Å². The molecule has 3 nitrogen and oxygen atoms in total. The molecule has 2 atom stereocenters. The second-order valence-corrected chi connectivity index (χ2v) is 5.99. The molecule has 1 aromatic rings. The number of hydrogen-bond acceptors (Lipinski definition) is 2. The molecule has 3 rings (SSSR count). The van der Waals surface area contributed by atoms with Gasteiger partial charge >= 0.3 is 0 Å². The lowest BCUT2D eigenvalue weighted by Crippen LogP contribution is -2.30. The Labute approximate surface area is 114 Å². The van der Waals surface area contributed by atoms with E-state index in [1.807, 2.05) is 12.1 Å². The van der Waals surface area contributed by atoms with Gasteiger partial charge in [0.15, 0.2) is 0 Å². The number of carbonyl (C=O) groups excluding carboxylic acids is 1. The van der Waals surface area contributed by atoms with E-state index in [2.05, 4.69) is 29.7 Å².